The zero-order chi connectivity index (χ0) is 16.6. The van der Waals surface area contributed by atoms with Crippen LogP contribution in [0.2, 0.25) is 0 Å². The van der Waals surface area contributed by atoms with Gasteiger partial charge in [0.25, 0.3) is 5.91 Å². The van der Waals surface area contributed by atoms with E-state index in [0.29, 0.717) is 5.69 Å². The van der Waals surface area contributed by atoms with E-state index in [1.54, 1.807) is 0 Å². The molecule has 0 spiro atoms. The molecule has 0 aliphatic carbocycles. The Labute approximate surface area is 170 Å². The molecular formula is C19H26N3OY+. The average molecular weight is 401 g/mol. The van der Waals surface area contributed by atoms with Crippen LogP contribution in [0.25, 0.3) is 4.85 Å². The molecule has 0 N–H and O–H groups in total. The topological polar surface area (TPSA) is 24.7 Å². The summed E-state index contributed by atoms with van der Waals surface area (Å²) in [5.41, 5.74) is 3.76. The van der Waals surface area contributed by atoms with E-state index in [-0.39, 0.29) is 44.7 Å². The number of nitrogens with zero attached hydrogens (tertiary/aromatic N) is 3. The first kappa shape index (κ1) is 19.6. The van der Waals surface area contributed by atoms with Crippen molar-refractivity contribution in [2.24, 2.45) is 0 Å². The van der Waals surface area contributed by atoms with Crippen molar-refractivity contribution in [2.45, 2.75) is 46.1 Å². The zero-order valence-corrected chi connectivity index (χ0v) is 17.8. The van der Waals surface area contributed by atoms with Gasteiger partial charge in [0, 0.05) is 64.2 Å². The summed E-state index contributed by atoms with van der Waals surface area (Å²) in [7, 11) is 0. The first-order chi connectivity index (χ1) is 11.0. The summed E-state index contributed by atoms with van der Waals surface area (Å²) < 4.78 is 0.980. The Hall–Kier alpha value is -0.756. The first-order valence-electron chi connectivity index (χ1n) is 8.68. The Morgan fingerprint density at radius 3 is 2.33 bits per heavy atom. The van der Waals surface area contributed by atoms with Gasteiger partial charge >= 0.3 is 0 Å². The van der Waals surface area contributed by atoms with Crippen molar-refractivity contribution >= 4 is 17.3 Å². The fourth-order valence-electron chi connectivity index (χ4n) is 4.63. The summed E-state index contributed by atoms with van der Waals surface area (Å²) >= 11 is 0. The van der Waals surface area contributed by atoms with Crippen LogP contribution in [0.4, 0.5) is 11.4 Å². The number of amides is 1. The maximum Gasteiger partial charge on any atom is 0.285 e. The smallest absolute Gasteiger partial charge is 0.285 e. The Kier molecular flexibility index (Phi) is 6.23. The Morgan fingerprint density at radius 2 is 1.83 bits per heavy atom. The number of carbonyl (C=O) groups excluding carboxylic acids is 1. The normalized spacial score (nSPS) is 22.3. The molecule has 1 atom stereocenters. The molecule has 2 heterocycles. The maximum absolute atomic E-state index is 13.2. The monoisotopic (exact) mass is 401 g/mol. The molecule has 2 aliphatic rings. The van der Waals surface area contributed by atoms with Gasteiger partial charge in [-0.15, -0.1) is 0 Å². The molecule has 3 rings (SSSR count). The van der Waals surface area contributed by atoms with Crippen molar-refractivity contribution in [1.82, 2.24) is 0 Å². The predicted octanol–water partition coefficient (Wildman–Crippen LogP) is 3.59. The number of quaternary nitrogens is 1. The van der Waals surface area contributed by atoms with Crippen molar-refractivity contribution in [3.63, 3.8) is 0 Å². The van der Waals surface area contributed by atoms with Crippen LogP contribution in [0, 0.1) is 20.4 Å². The largest absolute Gasteiger partial charge is 0.314 e. The van der Waals surface area contributed by atoms with Crippen LogP contribution in [0.3, 0.4) is 0 Å². The molecule has 2 fully saturated rings. The molecule has 2 aliphatic heterocycles. The summed E-state index contributed by atoms with van der Waals surface area (Å²) in [6.45, 7) is 17.6. The van der Waals surface area contributed by atoms with Gasteiger partial charge in [-0.3, -0.25) is 4.79 Å². The Morgan fingerprint density at radius 1 is 1.25 bits per heavy atom. The van der Waals surface area contributed by atoms with Crippen molar-refractivity contribution < 1.29 is 42.0 Å². The Balaban J connectivity index is 0.00000208. The number of likely N-dealkylation sites (N-methyl/N-ethyl adjacent to an activating group) is 1. The number of rotatable bonds is 3. The molecule has 0 saturated carbocycles. The van der Waals surface area contributed by atoms with E-state index in [1.165, 1.54) is 12.8 Å². The molecule has 1 aromatic rings. The summed E-state index contributed by atoms with van der Waals surface area (Å²) in [5, 5.41) is 0. The summed E-state index contributed by atoms with van der Waals surface area (Å²) in [6, 6.07) is 3.92. The minimum absolute atomic E-state index is 0. The molecule has 125 valence electrons. The minimum Gasteiger partial charge on any atom is -0.314 e. The maximum atomic E-state index is 13.2. The number of benzene rings is 1. The fourth-order valence-corrected chi connectivity index (χ4v) is 4.63. The molecule has 1 aromatic carbocycles. The van der Waals surface area contributed by atoms with Gasteiger partial charge in [0.05, 0.1) is 26.2 Å². The molecule has 4 nitrogen and oxygen atoms in total. The van der Waals surface area contributed by atoms with Crippen LogP contribution in [-0.2, 0) is 37.5 Å². The first-order valence-corrected chi connectivity index (χ1v) is 8.68. The second kappa shape index (κ2) is 7.64. The molecule has 1 unspecified atom stereocenters. The van der Waals surface area contributed by atoms with Crippen molar-refractivity contribution in [1.29, 1.82) is 0 Å². The third-order valence-corrected chi connectivity index (χ3v) is 5.80. The zero-order valence-electron chi connectivity index (χ0n) is 15.0. The number of carbonyl (C=O) groups is 1. The third kappa shape index (κ3) is 3.19. The van der Waals surface area contributed by atoms with Crippen molar-refractivity contribution in [2.75, 3.05) is 31.1 Å². The van der Waals surface area contributed by atoms with Gasteiger partial charge in [-0.05, 0) is 31.9 Å². The quantitative estimate of drug-likeness (QED) is 0.561. The van der Waals surface area contributed by atoms with E-state index in [9.17, 15) is 4.79 Å². The average Bonchev–Trinajstić information content (AvgIpc) is 3.15. The van der Waals surface area contributed by atoms with E-state index in [4.69, 9.17) is 6.57 Å². The summed E-state index contributed by atoms with van der Waals surface area (Å²) in [6.07, 6.45) is 3.45. The molecule has 2 saturated heterocycles. The van der Waals surface area contributed by atoms with Crippen LogP contribution >= 0.6 is 0 Å². The van der Waals surface area contributed by atoms with Gasteiger partial charge in [0.2, 0.25) is 0 Å². The predicted molar refractivity (Wildman–Crippen MR) is 92.7 cm³/mol. The van der Waals surface area contributed by atoms with Gasteiger partial charge in [0.1, 0.15) is 0 Å². The molecular weight excluding hydrogens is 375 g/mol. The molecule has 0 aromatic heterocycles. The number of hydrogen-bond acceptors (Lipinski definition) is 1. The fraction of sp³-hybridized carbons (Fsp3) is 0.579. The van der Waals surface area contributed by atoms with E-state index in [1.807, 2.05) is 30.9 Å². The van der Waals surface area contributed by atoms with Gasteiger partial charge < -0.3 is 9.38 Å². The number of aryl methyl sites for hydroxylation is 2. The minimum atomic E-state index is 0. The van der Waals surface area contributed by atoms with Crippen LogP contribution in [-0.4, -0.2) is 42.6 Å². The molecule has 1 amide bonds. The van der Waals surface area contributed by atoms with Crippen LogP contribution in [0.5, 0.6) is 0 Å². The van der Waals surface area contributed by atoms with Gasteiger partial charge in [-0.2, -0.15) is 0 Å². The Bertz CT molecular complexity index is 651. The molecule has 0 bridgehead atoms. The molecule has 1 radical (unpaired) electrons. The number of hydrogen-bond donors (Lipinski definition) is 0. The number of likely N-dealkylation sites (tertiary alicyclic amines) is 1. The van der Waals surface area contributed by atoms with E-state index >= 15 is 0 Å². The van der Waals surface area contributed by atoms with Crippen LogP contribution < -0.4 is 4.90 Å². The second-order valence-electron chi connectivity index (χ2n) is 7.02. The van der Waals surface area contributed by atoms with E-state index in [0.717, 1.165) is 53.9 Å². The van der Waals surface area contributed by atoms with Crippen LogP contribution in [0.1, 0.15) is 37.3 Å². The second-order valence-corrected chi connectivity index (χ2v) is 7.02. The standard InChI is InChI=1S/C19H26N3O.Y/c1-5-22(10-6-7-11-22)17-8-9-21(19(17)23)18-14(2)12-16(20-4)13-15(18)3;/h12-13,17H,5-11H2,1-3H3;/q+1;. The summed E-state index contributed by atoms with van der Waals surface area (Å²) in [5.74, 6) is 0.288. The van der Waals surface area contributed by atoms with Gasteiger partial charge in [-0.25, -0.2) is 4.85 Å². The molecule has 24 heavy (non-hydrogen) atoms. The summed E-state index contributed by atoms with van der Waals surface area (Å²) in [4.78, 5) is 18.7. The third-order valence-electron chi connectivity index (χ3n) is 5.80. The number of anilines is 1. The van der Waals surface area contributed by atoms with E-state index in [2.05, 4.69) is 11.8 Å². The van der Waals surface area contributed by atoms with Crippen molar-refractivity contribution in [3.05, 3.63) is 34.7 Å². The van der Waals surface area contributed by atoms with Gasteiger partial charge in [-0.1, -0.05) is 12.1 Å². The van der Waals surface area contributed by atoms with Gasteiger partial charge in [0.15, 0.2) is 11.7 Å². The van der Waals surface area contributed by atoms with Crippen LogP contribution in [0.15, 0.2) is 12.1 Å². The van der Waals surface area contributed by atoms with E-state index < -0.39 is 0 Å². The molecule has 5 heteroatoms. The SMILES string of the molecule is [C-]#[N+]c1cc(C)c(N2CCC([N+]3(CC)CCCC3)C2=O)c(C)c1.[Y]. The van der Waals surface area contributed by atoms with Crippen molar-refractivity contribution in [3.8, 4) is 0 Å².